The Balaban J connectivity index is 3.80. The van der Waals surface area contributed by atoms with Gasteiger partial charge in [0.2, 0.25) is 0 Å². The Kier molecular flexibility index (Phi) is 8.11. The number of rotatable bonds is 10. The molecule has 0 amide bonds. The molecule has 0 rings (SSSR count). The average Bonchev–Trinajstić information content (AvgIpc) is 2.23. The van der Waals surface area contributed by atoms with Gasteiger partial charge < -0.3 is 4.74 Å². The first kappa shape index (κ1) is 17.0. The summed E-state index contributed by atoms with van der Waals surface area (Å²) in [4.78, 5) is 0. The summed E-state index contributed by atoms with van der Waals surface area (Å²) in [7, 11) is 0. The monoisotopic (exact) mass is 242 g/mol. The minimum atomic E-state index is 0.344. The summed E-state index contributed by atoms with van der Waals surface area (Å²) in [5.41, 5.74) is 0.688. The van der Waals surface area contributed by atoms with Crippen LogP contribution in [-0.2, 0) is 4.74 Å². The molecule has 0 radical (unpaired) electrons. The van der Waals surface area contributed by atoms with E-state index >= 15 is 0 Å². The summed E-state index contributed by atoms with van der Waals surface area (Å²) >= 11 is 0. The second-order valence-electron chi connectivity index (χ2n) is 7.03. The van der Waals surface area contributed by atoms with Gasteiger partial charge in [0.05, 0.1) is 13.2 Å². The highest BCUT2D eigenvalue weighted by Gasteiger charge is 2.21. The maximum absolute atomic E-state index is 5.96. The van der Waals surface area contributed by atoms with Crippen molar-refractivity contribution in [2.75, 3.05) is 13.2 Å². The minimum absolute atomic E-state index is 0.344. The van der Waals surface area contributed by atoms with Crippen molar-refractivity contribution in [3.8, 4) is 0 Å². The van der Waals surface area contributed by atoms with Gasteiger partial charge in [0.15, 0.2) is 0 Å². The molecule has 0 aliphatic rings. The van der Waals surface area contributed by atoms with Crippen molar-refractivity contribution in [2.24, 2.45) is 10.8 Å². The first-order valence-electron chi connectivity index (χ1n) is 7.41. The molecule has 0 unspecified atom stereocenters. The Morgan fingerprint density at radius 2 is 1.06 bits per heavy atom. The number of hydrogen-bond acceptors (Lipinski definition) is 1. The van der Waals surface area contributed by atoms with E-state index in [1.54, 1.807) is 0 Å². The maximum atomic E-state index is 5.96. The first-order valence-corrected chi connectivity index (χ1v) is 7.41. The van der Waals surface area contributed by atoms with Crippen LogP contribution in [0.1, 0.15) is 80.1 Å². The summed E-state index contributed by atoms with van der Waals surface area (Å²) in [5, 5.41) is 0. The highest BCUT2D eigenvalue weighted by molar-refractivity contribution is 4.71. The Bertz CT molecular complexity index is 162. The number of hydrogen-bond donors (Lipinski definition) is 0. The van der Waals surface area contributed by atoms with E-state index in [1.807, 2.05) is 0 Å². The van der Waals surface area contributed by atoms with E-state index in [4.69, 9.17) is 4.74 Å². The zero-order chi connectivity index (χ0) is 13.4. The summed E-state index contributed by atoms with van der Waals surface area (Å²) in [6.45, 7) is 15.6. The third-order valence-electron chi connectivity index (χ3n) is 3.40. The molecule has 0 aromatic rings. The molecule has 0 aliphatic carbocycles. The fourth-order valence-electron chi connectivity index (χ4n) is 2.06. The van der Waals surface area contributed by atoms with Gasteiger partial charge in [-0.15, -0.1) is 0 Å². The lowest BCUT2D eigenvalue weighted by molar-refractivity contribution is 0.00838. The predicted octanol–water partition coefficient (Wildman–Crippen LogP) is 5.44. The normalized spacial score (nSPS) is 13.1. The highest BCUT2D eigenvalue weighted by atomic mass is 16.5. The van der Waals surface area contributed by atoms with Gasteiger partial charge >= 0.3 is 0 Å². The van der Waals surface area contributed by atoms with Gasteiger partial charge in [-0.2, -0.15) is 0 Å². The lowest BCUT2D eigenvalue weighted by atomic mass is 9.87. The van der Waals surface area contributed by atoms with Crippen LogP contribution in [0.15, 0.2) is 0 Å². The largest absolute Gasteiger partial charge is 0.380 e. The van der Waals surface area contributed by atoms with Gasteiger partial charge in [-0.3, -0.25) is 0 Å². The van der Waals surface area contributed by atoms with Gasteiger partial charge in [0.1, 0.15) is 0 Å². The van der Waals surface area contributed by atoms with E-state index in [0.29, 0.717) is 10.8 Å². The van der Waals surface area contributed by atoms with E-state index < -0.39 is 0 Å². The summed E-state index contributed by atoms with van der Waals surface area (Å²) in [6, 6.07) is 0. The molecule has 0 aromatic carbocycles. The standard InChI is InChI=1S/C16H34O/c1-7-9-11-15(3,4)13-17-14-16(5,6)12-10-8-2/h7-14H2,1-6H3. The SMILES string of the molecule is CCCCC(C)(C)COCC(C)(C)CCCC. The van der Waals surface area contributed by atoms with E-state index in [1.165, 1.54) is 38.5 Å². The summed E-state index contributed by atoms with van der Waals surface area (Å²) < 4.78 is 5.96. The molecule has 0 N–H and O–H groups in total. The van der Waals surface area contributed by atoms with Crippen molar-refractivity contribution < 1.29 is 4.74 Å². The maximum Gasteiger partial charge on any atom is 0.0517 e. The molecule has 17 heavy (non-hydrogen) atoms. The van der Waals surface area contributed by atoms with Gasteiger partial charge in [0, 0.05) is 0 Å². The Morgan fingerprint density at radius 3 is 1.35 bits per heavy atom. The van der Waals surface area contributed by atoms with Gasteiger partial charge in [-0.05, 0) is 23.7 Å². The van der Waals surface area contributed by atoms with Crippen LogP contribution >= 0.6 is 0 Å². The Labute approximate surface area is 109 Å². The first-order chi connectivity index (χ1) is 7.83. The van der Waals surface area contributed by atoms with Crippen molar-refractivity contribution in [3.63, 3.8) is 0 Å². The average molecular weight is 242 g/mol. The van der Waals surface area contributed by atoms with Gasteiger partial charge in [-0.25, -0.2) is 0 Å². The fraction of sp³-hybridized carbons (Fsp3) is 1.00. The van der Waals surface area contributed by atoms with Crippen molar-refractivity contribution >= 4 is 0 Å². The van der Waals surface area contributed by atoms with E-state index in [2.05, 4.69) is 41.5 Å². The molecule has 0 saturated carbocycles. The van der Waals surface area contributed by atoms with Crippen LogP contribution in [0.4, 0.5) is 0 Å². The molecule has 104 valence electrons. The van der Waals surface area contributed by atoms with Crippen LogP contribution in [0.5, 0.6) is 0 Å². The van der Waals surface area contributed by atoms with E-state index in [-0.39, 0.29) is 0 Å². The molecule has 0 fully saturated rings. The van der Waals surface area contributed by atoms with Crippen LogP contribution in [0, 0.1) is 10.8 Å². The predicted molar refractivity (Wildman–Crippen MR) is 77.4 cm³/mol. The van der Waals surface area contributed by atoms with Crippen LogP contribution in [-0.4, -0.2) is 13.2 Å². The van der Waals surface area contributed by atoms with E-state index in [9.17, 15) is 0 Å². The molecule has 0 heterocycles. The molecule has 0 atom stereocenters. The third-order valence-corrected chi connectivity index (χ3v) is 3.40. The van der Waals surface area contributed by atoms with Gasteiger partial charge in [-0.1, -0.05) is 67.2 Å². The number of unbranched alkanes of at least 4 members (excludes halogenated alkanes) is 2. The minimum Gasteiger partial charge on any atom is -0.380 e. The number of ether oxygens (including phenoxy) is 1. The van der Waals surface area contributed by atoms with Crippen molar-refractivity contribution in [3.05, 3.63) is 0 Å². The summed E-state index contributed by atoms with van der Waals surface area (Å²) in [6.07, 6.45) is 7.75. The van der Waals surface area contributed by atoms with Gasteiger partial charge in [0.25, 0.3) is 0 Å². The third kappa shape index (κ3) is 9.64. The van der Waals surface area contributed by atoms with Crippen LogP contribution in [0.25, 0.3) is 0 Å². The molecular formula is C16H34O. The second kappa shape index (κ2) is 8.13. The lowest BCUT2D eigenvalue weighted by Gasteiger charge is -2.29. The molecule has 1 nitrogen and oxygen atoms in total. The fourth-order valence-corrected chi connectivity index (χ4v) is 2.06. The highest BCUT2D eigenvalue weighted by Crippen LogP contribution is 2.27. The van der Waals surface area contributed by atoms with Crippen LogP contribution < -0.4 is 0 Å². The Morgan fingerprint density at radius 1 is 0.706 bits per heavy atom. The van der Waals surface area contributed by atoms with E-state index in [0.717, 1.165) is 13.2 Å². The topological polar surface area (TPSA) is 9.23 Å². The molecule has 1 heteroatoms. The zero-order valence-corrected chi connectivity index (χ0v) is 13.1. The molecule has 0 aromatic heterocycles. The van der Waals surface area contributed by atoms with Crippen molar-refractivity contribution in [1.29, 1.82) is 0 Å². The van der Waals surface area contributed by atoms with Crippen molar-refractivity contribution in [2.45, 2.75) is 80.1 Å². The van der Waals surface area contributed by atoms with Crippen LogP contribution in [0.3, 0.4) is 0 Å². The Hall–Kier alpha value is -0.0400. The molecule has 0 spiro atoms. The molecule has 0 aliphatic heterocycles. The summed E-state index contributed by atoms with van der Waals surface area (Å²) in [5.74, 6) is 0. The second-order valence-corrected chi connectivity index (χ2v) is 7.03. The molecule has 0 saturated heterocycles. The van der Waals surface area contributed by atoms with Crippen molar-refractivity contribution in [1.82, 2.24) is 0 Å². The smallest absolute Gasteiger partial charge is 0.0517 e. The zero-order valence-electron chi connectivity index (χ0n) is 13.1. The lowest BCUT2D eigenvalue weighted by Crippen LogP contribution is -2.25. The van der Waals surface area contributed by atoms with Crippen LogP contribution in [0.2, 0.25) is 0 Å². The molecular weight excluding hydrogens is 208 g/mol. The quantitative estimate of drug-likeness (QED) is 0.496. The molecule has 0 bridgehead atoms.